The lowest BCUT2D eigenvalue weighted by atomic mass is 10.2. The molecule has 0 unspecified atom stereocenters. The Hall–Kier alpha value is -2.70. The molecule has 1 heterocycles. The van der Waals surface area contributed by atoms with E-state index in [-0.39, 0.29) is 11.7 Å². The first kappa shape index (κ1) is 16.7. The van der Waals surface area contributed by atoms with Gasteiger partial charge in [0.25, 0.3) is 5.91 Å². The van der Waals surface area contributed by atoms with E-state index in [0.717, 1.165) is 5.56 Å². The lowest BCUT2D eigenvalue weighted by molar-refractivity contribution is -0.0498. The maximum Gasteiger partial charge on any atom is 0.387 e. The Balaban J connectivity index is 1.99. The Kier molecular flexibility index (Phi) is 5.46. The van der Waals surface area contributed by atoms with Gasteiger partial charge in [-0.05, 0) is 23.8 Å². The second-order valence-electron chi connectivity index (χ2n) is 4.77. The summed E-state index contributed by atoms with van der Waals surface area (Å²) in [7, 11) is 3.15. The first-order valence-electron chi connectivity index (χ1n) is 6.79. The minimum absolute atomic E-state index is 0.0806. The Morgan fingerprint density at radius 1 is 1.22 bits per heavy atom. The number of nitrogens with zero attached hydrogens (tertiary/aromatic N) is 2. The van der Waals surface area contributed by atoms with Gasteiger partial charge in [0.15, 0.2) is 0 Å². The highest BCUT2D eigenvalue weighted by atomic mass is 19.3. The van der Waals surface area contributed by atoms with Gasteiger partial charge in [-0.25, -0.2) is 4.98 Å². The van der Waals surface area contributed by atoms with Crippen LogP contribution in [0.2, 0.25) is 0 Å². The monoisotopic (exact) mass is 322 g/mol. The molecule has 0 saturated heterocycles. The first-order valence-corrected chi connectivity index (χ1v) is 6.79. The number of pyridine rings is 1. The number of benzene rings is 1. The summed E-state index contributed by atoms with van der Waals surface area (Å²) in [4.78, 5) is 17.8. The molecule has 0 saturated carbocycles. The Morgan fingerprint density at radius 3 is 2.43 bits per heavy atom. The molecule has 5 nitrogen and oxygen atoms in total. The van der Waals surface area contributed by atoms with Gasteiger partial charge in [-0.2, -0.15) is 8.78 Å². The van der Waals surface area contributed by atoms with Gasteiger partial charge in [-0.1, -0.05) is 12.1 Å². The molecule has 0 spiro atoms. The first-order chi connectivity index (χ1) is 11.0. The van der Waals surface area contributed by atoms with Crippen LogP contribution < -0.4 is 9.47 Å². The fourth-order valence-electron chi connectivity index (χ4n) is 1.97. The van der Waals surface area contributed by atoms with Gasteiger partial charge in [0.05, 0.1) is 12.7 Å². The minimum Gasteiger partial charge on any atom is -0.481 e. The zero-order valence-electron chi connectivity index (χ0n) is 12.7. The lowest BCUT2D eigenvalue weighted by Gasteiger charge is -2.17. The predicted octanol–water partition coefficient (Wildman–Crippen LogP) is 2.96. The van der Waals surface area contributed by atoms with Crippen LogP contribution in [0.25, 0.3) is 0 Å². The van der Waals surface area contributed by atoms with Gasteiger partial charge >= 0.3 is 6.61 Å². The van der Waals surface area contributed by atoms with Gasteiger partial charge < -0.3 is 14.4 Å². The molecule has 0 fully saturated rings. The average molecular weight is 322 g/mol. The molecule has 1 aromatic heterocycles. The smallest absolute Gasteiger partial charge is 0.387 e. The number of carbonyl (C=O) groups is 1. The molecule has 0 N–H and O–H groups in total. The maximum absolute atomic E-state index is 12.3. The average Bonchev–Trinajstić information content (AvgIpc) is 2.55. The van der Waals surface area contributed by atoms with E-state index in [4.69, 9.17) is 4.74 Å². The van der Waals surface area contributed by atoms with Crippen molar-refractivity contribution in [2.24, 2.45) is 0 Å². The number of ether oxygens (including phenoxy) is 2. The standard InChI is InChI=1S/C16H16F2N2O3/c1-20(15(21)12-5-8-14(22-2)19-9-12)10-11-3-6-13(7-4-11)23-16(17)18/h3-9,16H,10H2,1-2H3. The van der Waals surface area contributed by atoms with Crippen molar-refractivity contribution in [1.82, 2.24) is 9.88 Å². The summed E-state index contributed by atoms with van der Waals surface area (Å²) in [5.41, 5.74) is 1.23. The Bertz CT molecular complexity index is 645. The predicted molar refractivity (Wildman–Crippen MR) is 79.7 cm³/mol. The van der Waals surface area contributed by atoms with Crippen LogP contribution in [0, 0.1) is 0 Å². The molecule has 0 aliphatic rings. The Labute approximate surface area is 132 Å². The quantitative estimate of drug-likeness (QED) is 0.820. The third-order valence-electron chi connectivity index (χ3n) is 3.11. The van der Waals surface area contributed by atoms with E-state index in [1.807, 2.05) is 0 Å². The number of rotatable bonds is 6. The van der Waals surface area contributed by atoms with Gasteiger partial charge in [0, 0.05) is 25.9 Å². The molecule has 1 aromatic carbocycles. The topological polar surface area (TPSA) is 51.7 Å². The summed E-state index contributed by atoms with van der Waals surface area (Å²) in [6.07, 6.45) is 1.44. The van der Waals surface area contributed by atoms with Crippen LogP contribution in [0.4, 0.5) is 8.78 Å². The van der Waals surface area contributed by atoms with Crippen molar-refractivity contribution in [3.05, 3.63) is 53.7 Å². The number of halogens is 2. The van der Waals surface area contributed by atoms with Gasteiger partial charge in [-0.15, -0.1) is 0 Å². The molecule has 0 aliphatic heterocycles. The van der Waals surface area contributed by atoms with Crippen LogP contribution in [-0.2, 0) is 6.54 Å². The molecular weight excluding hydrogens is 306 g/mol. The van der Waals surface area contributed by atoms with Gasteiger partial charge in [0.2, 0.25) is 5.88 Å². The lowest BCUT2D eigenvalue weighted by Crippen LogP contribution is -2.26. The molecule has 2 rings (SSSR count). The van der Waals surface area contributed by atoms with Gasteiger partial charge in [-0.3, -0.25) is 4.79 Å². The summed E-state index contributed by atoms with van der Waals surface area (Å²) in [5.74, 6) is 0.309. The van der Waals surface area contributed by atoms with Crippen molar-refractivity contribution < 1.29 is 23.0 Å². The molecule has 0 atom stereocenters. The van der Waals surface area contributed by atoms with Crippen molar-refractivity contribution >= 4 is 5.91 Å². The molecule has 7 heteroatoms. The van der Waals surface area contributed by atoms with Crippen molar-refractivity contribution in [3.63, 3.8) is 0 Å². The van der Waals surface area contributed by atoms with E-state index in [0.29, 0.717) is 18.0 Å². The summed E-state index contributed by atoms with van der Waals surface area (Å²) in [6.45, 7) is -2.52. The van der Waals surface area contributed by atoms with Crippen molar-refractivity contribution in [3.8, 4) is 11.6 Å². The van der Waals surface area contributed by atoms with Gasteiger partial charge in [0.1, 0.15) is 5.75 Å². The molecular formula is C16H16F2N2O3. The molecule has 1 amide bonds. The highest BCUT2D eigenvalue weighted by Crippen LogP contribution is 2.16. The SMILES string of the molecule is COc1ccc(C(=O)N(C)Cc2ccc(OC(F)F)cc2)cn1. The van der Waals surface area contributed by atoms with Crippen LogP contribution in [0.5, 0.6) is 11.6 Å². The largest absolute Gasteiger partial charge is 0.481 e. The number of methoxy groups -OCH3 is 1. The summed E-state index contributed by atoms with van der Waals surface area (Å²) < 4.78 is 33.4. The summed E-state index contributed by atoms with van der Waals surface area (Å²) >= 11 is 0. The van der Waals surface area contributed by atoms with E-state index in [1.165, 1.54) is 30.3 Å². The van der Waals surface area contributed by atoms with Crippen LogP contribution in [0.15, 0.2) is 42.6 Å². The highest BCUT2D eigenvalue weighted by molar-refractivity contribution is 5.93. The summed E-state index contributed by atoms with van der Waals surface area (Å²) in [6, 6.07) is 9.38. The fourth-order valence-corrected chi connectivity index (χ4v) is 1.97. The summed E-state index contributed by atoms with van der Waals surface area (Å²) in [5, 5.41) is 0. The van der Waals surface area contributed by atoms with E-state index in [1.54, 1.807) is 31.3 Å². The minimum atomic E-state index is -2.85. The van der Waals surface area contributed by atoms with Crippen molar-refractivity contribution in [2.75, 3.05) is 14.2 Å². The third-order valence-corrected chi connectivity index (χ3v) is 3.11. The van der Waals surface area contributed by atoms with Crippen LogP contribution >= 0.6 is 0 Å². The van der Waals surface area contributed by atoms with Crippen molar-refractivity contribution in [1.29, 1.82) is 0 Å². The van der Waals surface area contributed by atoms with Crippen LogP contribution in [-0.4, -0.2) is 36.6 Å². The Morgan fingerprint density at radius 2 is 1.91 bits per heavy atom. The number of alkyl halides is 2. The van der Waals surface area contributed by atoms with Crippen LogP contribution in [0.3, 0.4) is 0 Å². The number of carbonyl (C=O) groups excluding carboxylic acids is 1. The van der Waals surface area contributed by atoms with E-state index < -0.39 is 6.61 Å². The van der Waals surface area contributed by atoms with Crippen molar-refractivity contribution in [2.45, 2.75) is 13.2 Å². The second-order valence-corrected chi connectivity index (χ2v) is 4.77. The number of hydrogen-bond acceptors (Lipinski definition) is 4. The van der Waals surface area contributed by atoms with E-state index in [9.17, 15) is 13.6 Å². The van der Waals surface area contributed by atoms with E-state index >= 15 is 0 Å². The van der Waals surface area contributed by atoms with Crippen LogP contribution in [0.1, 0.15) is 15.9 Å². The molecule has 0 aliphatic carbocycles. The third kappa shape index (κ3) is 4.64. The molecule has 0 bridgehead atoms. The molecule has 0 radical (unpaired) electrons. The zero-order chi connectivity index (χ0) is 16.8. The second kappa shape index (κ2) is 7.53. The zero-order valence-corrected chi connectivity index (χ0v) is 12.7. The normalized spacial score (nSPS) is 10.5. The maximum atomic E-state index is 12.3. The fraction of sp³-hybridized carbons (Fsp3) is 0.250. The molecule has 122 valence electrons. The highest BCUT2D eigenvalue weighted by Gasteiger charge is 2.13. The van der Waals surface area contributed by atoms with E-state index in [2.05, 4.69) is 9.72 Å². The molecule has 23 heavy (non-hydrogen) atoms. The molecule has 2 aromatic rings. The number of amides is 1. The number of hydrogen-bond donors (Lipinski definition) is 0. The number of aromatic nitrogens is 1.